The van der Waals surface area contributed by atoms with Gasteiger partial charge in [-0.2, -0.15) is 0 Å². The summed E-state index contributed by atoms with van der Waals surface area (Å²) in [6.45, 7) is 9.11. The number of carbonyl (C=O) groups excluding carboxylic acids is 1. The van der Waals surface area contributed by atoms with Crippen LogP contribution in [-0.2, 0) is 4.74 Å². The fraction of sp³-hybridized carbons (Fsp3) is 0.933. The van der Waals surface area contributed by atoms with Gasteiger partial charge in [0.15, 0.2) is 0 Å². The predicted molar refractivity (Wildman–Crippen MR) is 76.1 cm³/mol. The fourth-order valence-corrected chi connectivity index (χ4v) is 2.56. The van der Waals surface area contributed by atoms with E-state index in [2.05, 4.69) is 17.6 Å². The number of hydrogen-bond acceptors (Lipinski definition) is 3. The van der Waals surface area contributed by atoms with Gasteiger partial charge in [-0.15, -0.1) is 0 Å². The molecule has 0 aliphatic heterocycles. The largest absolute Gasteiger partial charge is 0.444 e. The van der Waals surface area contributed by atoms with Crippen molar-refractivity contribution in [2.45, 2.75) is 71.1 Å². The van der Waals surface area contributed by atoms with Crippen molar-refractivity contribution < 1.29 is 9.53 Å². The van der Waals surface area contributed by atoms with E-state index in [0.29, 0.717) is 6.04 Å². The molecule has 2 rings (SSSR count). The molecular weight excluding hydrogens is 240 g/mol. The number of nitrogens with one attached hydrogen (secondary N) is 2. The standard InChI is InChI=1S/C15H28N2O2/c1-10(11-5-6-11)9-16-12-7-13(8-12)17-14(18)19-15(2,3)4/h10-13,16H,5-9H2,1-4H3,(H,17,18). The van der Waals surface area contributed by atoms with Gasteiger partial charge in [0, 0.05) is 12.1 Å². The van der Waals surface area contributed by atoms with Crippen LogP contribution >= 0.6 is 0 Å². The van der Waals surface area contributed by atoms with Crippen LogP contribution in [0.4, 0.5) is 4.79 Å². The highest BCUT2D eigenvalue weighted by Crippen LogP contribution is 2.36. The zero-order chi connectivity index (χ0) is 14.0. The highest BCUT2D eigenvalue weighted by atomic mass is 16.6. The first-order valence-corrected chi connectivity index (χ1v) is 7.56. The molecule has 19 heavy (non-hydrogen) atoms. The van der Waals surface area contributed by atoms with Gasteiger partial charge in [0.1, 0.15) is 5.60 Å². The van der Waals surface area contributed by atoms with Crippen molar-refractivity contribution in [3.63, 3.8) is 0 Å². The van der Waals surface area contributed by atoms with E-state index < -0.39 is 5.60 Å². The molecule has 2 aliphatic carbocycles. The van der Waals surface area contributed by atoms with E-state index >= 15 is 0 Å². The maximum atomic E-state index is 11.6. The lowest BCUT2D eigenvalue weighted by Crippen LogP contribution is -2.53. The first kappa shape index (κ1) is 14.6. The Labute approximate surface area is 116 Å². The Kier molecular flexibility index (Phi) is 4.39. The Hall–Kier alpha value is -0.770. The zero-order valence-electron chi connectivity index (χ0n) is 12.7. The Balaban J connectivity index is 1.54. The van der Waals surface area contributed by atoms with Gasteiger partial charge < -0.3 is 15.4 Å². The maximum Gasteiger partial charge on any atom is 0.407 e. The van der Waals surface area contributed by atoms with Crippen molar-refractivity contribution in [2.75, 3.05) is 6.54 Å². The molecular formula is C15H28N2O2. The van der Waals surface area contributed by atoms with Crippen molar-refractivity contribution in [2.24, 2.45) is 11.8 Å². The van der Waals surface area contributed by atoms with Crippen LogP contribution in [0.3, 0.4) is 0 Å². The van der Waals surface area contributed by atoms with Crippen molar-refractivity contribution in [3.8, 4) is 0 Å². The van der Waals surface area contributed by atoms with Gasteiger partial charge in [0.25, 0.3) is 0 Å². The highest BCUT2D eigenvalue weighted by molar-refractivity contribution is 5.68. The molecule has 1 unspecified atom stereocenters. The van der Waals surface area contributed by atoms with Crippen LogP contribution in [0.25, 0.3) is 0 Å². The molecule has 0 aromatic carbocycles. The summed E-state index contributed by atoms with van der Waals surface area (Å²) in [6, 6.07) is 0.852. The van der Waals surface area contributed by atoms with Crippen LogP contribution in [0.2, 0.25) is 0 Å². The summed E-state index contributed by atoms with van der Waals surface area (Å²) in [7, 11) is 0. The summed E-state index contributed by atoms with van der Waals surface area (Å²) in [6.07, 6.45) is 4.59. The van der Waals surface area contributed by atoms with Crippen molar-refractivity contribution >= 4 is 6.09 Å². The summed E-state index contributed by atoms with van der Waals surface area (Å²) in [5.41, 5.74) is -0.412. The molecule has 2 fully saturated rings. The van der Waals surface area contributed by atoms with E-state index in [9.17, 15) is 4.79 Å². The Morgan fingerprint density at radius 1 is 1.26 bits per heavy atom. The normalized spacial score (nSPS) is 28.4. The Bertz CT molecular complexity index is 315. The molecule has 110 valence electrons. The number of ether oxygens (including phenoxy) is 1. The molecule has 0 aromatic heterocycles. The molecule has 2 saturated carbocycles. The van der Waals surface area contributed by atoms with Gasteiger partial charge in [0.05, 0.1) is 0 Å². The topological polar surface area (TPSA) is 50.4 Å². The minimum atomic E-state index is -0.412. The van der Waals surface area contributed by atoms with Gasteiger partial charge in [-0.1, -0.05) is 6.92 Å². The third kappa shape index (κ3) is 5.01. The smallest absolute Gasteiger partial charge is 0.407 e. The van der Waals surface area contributed by atoms with Gasteiger partial charge in [-0.25, -0.2) is 4.79 Å². The van der Waals surface area contributed by atoms with Crippen LogP contribution in [0.1, 0.15) is 53.4 Å². The van der Waals surface area contributed by atoms with E-state index in [1.807, 2.05) is 20.8 Å². The van der Waals surface area contributed by atoms with Gasteiger partial charge in [-0.3, -0.25) is 0 Å². The lowest BCUT2D eigenvalue weighted by molar-refractivity contribution is 0.0464. The van der Waals surface area contributed by atoms with E-state index in [-0.39, 0.29) is 12.1 Å². The number of carbonyl (C=O) groups is 1. The number of alkyl carbamates (subject to hydrolysis) is 1. The second-order valence-electron chi connectivity index (χ2n) is 7.23. The molecule has 0 radical (unpaired) electrons. The number of amides is 1. The summed E-state index contributed by atoms with van der Waals surface area (Å²) >= 11 is 0. The Morgan fingerprint density at radius 2 is 1.89 bits per heavy atom. The molecule has 0 saturated heterocycles. The minimum absolute atomic E-state index is 0.281. The summed E-state index contributed by atoms with van der Waals surface area (Å²) in [5.74, 6) is 1.76. The lowest BCUT2D eigenvalue weighted by atomic mass is 9.86. The molecule has 1 atom stereocenters. The number of hydrogen-bond donors (Lipinski definition) is 2. The van der Waals surface area contributed by atoms with E-state index in [1.165, 1.54) is 12.8 Å². The van der Waals surface area contributed by atoms with Crippen LogP contribution in [0, 0.1) is 11.8 Å². The average molecular weight is 268 g/mol. The van der Waals surface area contributed by atoms with Crippen molar-refractivity contribution in [3.05, 3.63) is 0 Å². The molecule has 2 aliphatic rings. The fourth-order valence-electron chi connectivity index (χ4n) is 2.56. The third-order valence-electron chi connectivity index (χ3n) is 4.01. The quantitative estimate of drug-likeness (QED) is 0.806. The zero-order valence-corrected chi connectivity index (χ0v) is 12.7. The monoisotopic (exact) mass is 268 g/mol. The van der Waals surface area contributed by atoms with E-state index in [1.54, 1.807) is 0 Å². The molecule has 0 aromatic rings. The minimum Gasteiger partial charge on any atom is -0.444 e. The number of rotatable bonds is 5. The van der Waals surface area contributed by atoms with Gasteiger partial charge in [-0.05, 0) is 64.8 Å². The van der Waals surface area contributed by atoms with Gasteiger partial charge in [0.2, 0.25) is 0 Å². The SMILES string of the molecule is CC(CNC1CC(NC(=O)OC(C)(C)C)C1)C1CC1. The summed E-state index contributed by atoms with van der Waals surface area (Å²) < 4.78 is 5.25. The van der Waals surface area contributed by atoms with Crippen molar-refractivity contribution in [1.29, 1.82) is 0 Å². The van der Waals surface area contributed by atoms with Crippen LogP contribution < -0.4 is 10.6 Å². The first-order valence-electron chi connectivity index (χ1n) is 7.56. The molecule has 4 heteroatoms. The predicted octanol–water partition coefficient (Wildman–Crippen LogP) is 2.68. The van der Waals surface area contributed by atoms with Crippen LogP contribution in [0.15, 0.2) is 0 Å². The molecule has 0 heterocycles. The van der Waals surface area contributed by atoms with Crippen molar-refractivity contribution in [1.82, 2.24) is 10.6 Å². The first-order chi connectivity index (χ1) is 8.83. The van der Waals surface area contributed by atoms with Crippen LogP contribution in [-0.4, -0.2) is 30.3 Å². The van der Waals surface area contributed by atoms with Crippen LogP contribution in [0.5, 0.6) is 0 Å². The molecule has 1 amide bonds. The molecule has 0 bridgehead atoms. The second kappa shape index (κ2) is 5.70. The molecule has 0 spiro atoms. The summed E-state index contributed by atoms with van der Waals surface area (Å²) in [4.78, 5) is 11.6. The second-order valence-corrected chi connectivity index (χ2v) is 7.23. The van der Waals surface area contributed by atoms with E-state index in [4.69, 9.17) is 4.74 Å². The molecule has 2 N–H and O–H groups in total. The Morgan fingerprint density at radius 3 is 2.42 bits per heavy atom. The average Bonchev–Trinajstić information content (AvgIpc) is 3.01. The third-order valence-corrected chi connectivity index (χ3v) is 4.01. The maximum absolute atomic E-state index is 11.6. The summed E-state index contributed by atoms with van der Waals surface area (Å²) in [5, 5.41) is 6.52. The molecule has 4 nitrogen and oxygen atoms in total. The van der Waals surface area contributed by atoms with Gasteiger partial charge >= 0.3 is 6.09 Å². The highest BCUT2D eigenvalue weighted by Gasteiger charge is 2.33. The van der Waals surface area contributed by atoms with E-state index in [0.717, 1.165) is 31.2 Å². The lowest BCUT2D eigenvalue weighted by Gasteiger charge is -2.37.